The molecule has 0 saturated heterocycles. The highest BCUT2D eigenvalue weighted by Gasteiger charge is 2.45. The number of thiophene rings is 1. The van der Waals surface area contributed by atoms with E-state index in [4.69, 9.17) is 0 Å². The Balaban J connectivity index is 1.14. The maximum atomic E-state index is 2.38. The fourth-order valence-electron chi connectivity index (χ4n) is 8.19. The van der Waals surface area contributed by atoms with Gasteiger partial charge in [-0.2, -0.15) is 0 Å². The SMILES string of the molecule is c1ccc(N(c2ccc(C3(c4ccccc4)c4ccccc4-c4ccccc43)cc2)c2ccc3cc4c(cc3c2)sc2ccccc24)cc1. The number of nitrogens with zero attached hydrogens (tertiary/aromatic N) is 1. The minimum Gasteiger partial charge on any atom is -0.310 e. The zero-order chi connectivity index (χ0) is 32.4. The molecule has 0 amide bonds. The van der Waals surface area contributed by atoms with Crippen LogP contribution < -0.4 is 4.90 Å². The van der Waals surface area contributed by atoms with Gasteiger partial charge in [0, 0.05) is 37.2 Å². The van der Waals surface area contributed by atoms with Crippen LogP contribution in [0.25, 0.3) is 42.1 Å². The van der Waals surface area contributed by atoms with E-state index in [2.05, 4.69) is 193 Å². The van der Waals surface area contributed by atoms with E-state index in [0.717, 1.165) is 17.1 Å². The fourth-order valence-corrected chi connectivity index (χ4v) is 9.33. The summed E-state index contributed by atoms with van der Waals surface area (Å²) in [6.07, 6.45) is 0. The third-order valence-electron chi connectivity index (χ3n) is 10.3. The fraction of sp³-hybridized carbons (Fsp3) is 0.0213. The van der Waals surface area contributed by atoms with Crippen LogP contribution in [0.3, 0.4) is 0 Å². The van der Waals surface area contributed by atoms with Crippen LogP contribution in [0.1, 0.15) is 22.3 Å². The van der Waals surface area contributed by atoms with E-state index in [1.807, 2.05) is 11.3 Å². The smallest absolute Gasteiger partial charge is 0.0713 e. The molecule has 0 spiro atoms. The van der Waals surface area contributed by atoms with Gasteiger partial charge in [0.25, 0.3) is 0 Å². The van der Waals surface area contributed by atoms with Gasteiger partial charge in [0.1, 0.15) is 0 Å². The summed E-state index contributed by atoms with van der Waals surface area (Å²) < 4.78 is 2.66. The molecule has 0 bridgehead atoms. The second kappa shape index (κ2) is 11.1. The molecule has 1 aliphatic carbocycles. The number of rotatable bonds is 5. The number of benzene rings is 8. The molecule has 1 heterocycles. The first-order valence-electron chi connectivity index (χ1n) is 16.8. The Kier molecular flexibility index (Phi) is 6.34. The van der Waals surface area contributed by atoms with E-state index in [0.29, 0.717) is 0 Å². The molecule has 1 aliphatic rings. The summed E-state index contributed by atoms with van der Waals surface area (Å²) in [6.45, 7) is 0. The van der Waals surface area contributed by atoms with Crippen molar-refractivity contribution in [3.05, 3.63) is 210 Å². The summed E-state index contributed by atoms with van der Waals surface area (Å²) in [4.78, 5) is 2.38. The van der Waals surface area contributed by atoms with Gasteiger partial charge in [-0.25, -0.2) is 0 Å². The third kappa shape index (κ3) is 4.24. The average Bonchev–Trinajstić information content (AvgIpc) is 3.68. The molecule has 0 atom stereocenters. The Morgan fingerprint density at radius 2 is 0.939 bits per heavy atom. The van der Waals surface area contributed by atoms with Crippen molar-refractivity contribution in [3.8, 4) is 11.1 Å². The van der Waals surface area contributed by atoms with E-state index >= 15 is 0 Å². The topological polar surface area (TPSA) is 3.24 Å². The van der Waals surface area contributed by atoms with Crippen LogP contribution in [-0.2, 0) is 5.41 Å². The first kappa shape index (κ1) is 28.1. The number of fused-ring (bicyclic) bond motifs is 7. The normalized spacial score (nSPS) is 13.1. The minimum absolute atomic E-state index is 0.414. The Labute approximate surface area is 290 Å². The molecule has 230 valence electrons. The molecule has 10 rings (SSSR count). The van der Waals surface area contributed by atoms with Crippen LogP contribution in [0.4, 0.5) is 17.1 Å². The van der Waals surface area contributed by atoms with Crippen molar-refractivity contribution in [1.82, 2.24) is 0 Å². The van der Waals surface area contributed by atoms with Gasteiger partial charge < -0.3 is 4.90 Å². The predicted octanol–water partition coefficient (Wildman–Crippen LogP) is 13.0. The summed E-state index contributed by atoms with van der Waals surface area (Å²) >= 11 is 1.87. The maximum absolute atomic E-state index is 2.38. The zero-order valence-corrected chi connectivity index (χ0v) is 27.6. The van der Waals surface area contributed by atoms with Gasteiger partial charge in [-0.15, -0.1) is 11.3 Å². The van der Waals surface area contributed by atoms with Crippen LogP contribution in [0.2, 0.25) is 0 Å². The molecular weight excluding hydrogens is 611 g/mol. The molecule has 8 aromatic carbocycles. The van der Waals surface area contributed by atoms with E-state index in [-0.39, 0.29) is 0 Å². The lowest BCUT2D eigenvalue weighted by molar-refractivity contribution is 0.768. The van der Waals surface area contributed by atoms with Crippen molar-refractivity contribution in [2.45, 2.75) is 5.41 Å². The number of para-hydroxylation sites is 1. The van der Waals surface area contributed by atoms with E-state index in [1.165, 1.54) is 64.3 Å². The molecule has 0 saturated carbocycles. The van der Waals surface area contributed by atoms with Crippen molar-refractivity contribution in [2.24, 2.45) is 0 Å². The number of hydrogen-bond donors (Lipinski definition) is 0. The average molecular weight is 642 g/mol. The largest absolute Gasteiger partial charge is 0.310 e. The molecule has 1 aromatic heterocycles. The lowest BCUT2D eigenvalue weighted by Crippen LogP contribution is -2.28. The lowest BCUT2D eigenvalue weighted by Gasteiger charge is -2.34. The number of hydrogen-bond acceptors (Lipinski definition) is 2. The van der Waals surface area contributed by atoms with Crippen LogP contribution in [0, 0.1) is 0 Å². The van der Waals surface area contributed by atoms with Gasteiger partial charge in [-0.05, 0) is 98.8 Å². The molecule has 2 heteroatoms. The van der Waals surface area contributed by atoms with Crippen LogP contribution in [-0.4, -0.2) is 0 Å². The molecule has 0 aliphatic heterocycles. The first-order chi connectivity index (χ1) is 24.3. The molecule has 9 aromatic rings. The van der Waals surface area contributed by atoms with E-state index < -0.39 is 5.41 Å². The lowest BCUT2D eigenvalue weighted by atomic mass is 9.68. The van der Waals surface area contributed by atoms with E-state index in [1.54, 1.807) is 0 Å². The maximum Gasteiger partial charge on any atom is 0.0713 e. The molecule has 1 nitrogen and oxygen atoms in total. The highest BCUT2D eigenvalue weighted by atomic mass is 32.1. The highest BCUT2D eigenvalue weighted by molar-refractivity contribution is 7.25. The van der Waals surface area contributed by atoms with Gasteiger partial charge in [0.05, 0.1) is 5.41 Å². The van der Waals surface area contributed by atoms with Crippen molar-refractivity contribution in [3.63, 3.8) is 0 Å². The van der Waals surface area contributed by atoms with Crippen LogP contribution in [0.5, 0.6) is 0 Å². The third-order valence-corrected chi connectivity index (χ3v) is 11.4. The van der Waals surface area contributed by atoms with Gasteiger partial charge in [-0.3, -0.25) is 0 Å². The van der Waals surface area contributed by atoms with Crippen molar-refractivity contribution < 1.29 is 0 Å². The van der Waals surface area contributed by atoms with Gasteiger partial charge >= 0.3 is 0 Å². The van der Waals surface area contributed by atoms with Crippen molar-refractivity contribution in [1.29, 1.82) is 0 Å². The summed E-state index contributed by atoms with van der Waals surface area (Å²) in [6, 6.07) is 69.2. The molecule has 49 heavy (non-hydrogen) atoms. The molecule has 0 unspecified atom stereocenters. The molecule has 0 fully saturated rings. The molecule has 0 N–H and O–H groups in total. The Morgan fingerprint density at radius 3 is 1.67 bits per heavy atom. The van der Waals surface area contributed by atoms with Gasteiger partial charge in [0.2, 0.25) is 0 Å². The Morgan fingerprint density at radius 1 is 0.367 bits per heavy atom. The Bertz CT molecular complexity index is 2610. The second-order valence-corrected chi connectivity index (χ2v) is 14.0. The van der Waals surface area contributed by atoms with Crippen LogP contribution in [0.15, 0.2) is 188 Å². The highest BCUT2D eigenvalue weighted by Crippen LogP contribution is 2.56. The second-order valence-electron chi connectivity index (χ2n) is 12.9. The molecular formula is C47H31NS. The standard InChI is InChI=1S/C47H31NS/c1-3-13-34(14-4-1)47(43-20-10-7-17-39(43)40-18-8-11-21-44(40)47)35-24-27-37(28-25-35)48(36-15-5-2-6-16-36)38-26-23-32-30-42-41-19-9-12-22-45(41)49-46(42)31-33(32)29-38/h1-31H. The first-order valence-corrected chi connectivity index (χ1v) is 17.7. The quantitative estimate of drug-likeness (QED) is 0.181. The summed E-state index contributed by atoms with van der Waals surface area (Å²) in [5, 5.41) is 5.17. The summed E-state index contributed by atoms with van der Waals surface area (Å²) in [5.74, 6) is 0. The van der Waals surface area contributed by atoms with E-state index in [9.17, 15) is 0 Å². The zero-order valence-electron chi connectivity index (χ0n) is 26.8. The van der Waals surface area contributed by atoms with Crippen molar-refractivity contribution in [2.75, 3.05) is 4.90 Å². The minimum atomic E-state index is -0.414. The van der Waals surface area contributed by atoms with Gasteiger partial charge in [0.15, 0.2) is 0 Å². The van der Waals surface area contributed by atoms with Crippen molar-refractivity contribution >= 4 is 59.3 Å². The molecule has 0 radical (unpaired) electrons. The monoisotopic (exact) mass is 641 g/mol. The number of anilines is 3. The summed E-state index contributed by atoms with van der Waals surface area (Å²) in [7, 11) is 0. The van der Waals surface area contributed by atoms with Crippen LogP contribution >= 0.6 is 11.3 Å². The predicted molar refractivity (Wildman–Crippen MR) is 209 cm³/mol. The summed E-state index contributed by atoms with van der Waals surface area (Å²) in [5.41, 5.74) is 10.8. The van der Waals surface area contributed by atoms with Gasteiger partial charge in [-0.1, -0.05) is 133 Å². The Hall–Kier alpha value is -5.96.